The molecular formula is C18H13N3O7. The first-order valence-corrected chi connectivity index (χ1v) is 8.16. The molecular weight excluding hydrogens is 370 g/mol. The maximum atomic E-state index is 12.4. The molecule has 10 nitrogen and oxygen atoms in total. The minimum absolute atomic E-state index is 0.0879. The molecule has 1 aliphatic rings. The van der Waals surface area contributed by atoms with Crippen molar-refractivity contribution in [3.8, 4) is 11.5 Å². The summed E-state index contributed by atoms with van der Waals surface area (Å²) in [5.74, 6) is -0.533. The fraction of sp³-hybridized carbons (Fsp3) is 0.167. The van der Waals surface area contributed by atoms with Gasteiger partial charge in [-0.1, -0.05) is 0 Å². The SMILES string of the molecule is Cc1ccn2c(=O)cc(COC(=O)c3cc4c(cc3[N+](=O)[O-])OCO4)nc2c1. The molecule has 3 heterocycles. The van der Waals surface area contributed by atoms with Crippen molar-refractivity contribution in [2.45, 2.75) is 13.5 Å². The molecule has 142 valence electrons. The van der Waals surface area contributed by atoms with Gasteiger partial charge in [0.15, 0.2) is 11.5 Å². The minimum Gasteiger partial charge on any atom is -0.455 e. The van der Waals surface area contributed by atoms with E-state index in [-0.39, 0.29) is 41.7 Å². The van der Waals surface area contributed by atoms with Gasteiger partial charge in [-0.25, -0.2) is 9.78 Å². The Balaban J connectivity index is 1.61. The lowest BCUT2D eigenvalue weighted by atomic mass is 10.1. The molecule has 28 heavy (non-hydrogen) atoms. The van der Waals surface area contributed by atoms with Crippen molar-refractivity contribution >= 4 is 17.3 Å². The van der Waals surface area contributed by atoms with Crippen LogP contribution in [0.2, 0.25) is 0 Å². The highest BCUT2D eigenvalue weighted by atomic mass is 16.7. The molecule has 0 saturated heterocycles. The lowest BCUT2D eigenvalue weighted by Gasteiger charge is -2.07. The normalized spacial score (nSPS) is 12.2. The van der Waals surface area contributed by atoms with E-state index in [1.54, 1.807) is 18.3 Å². The summed E-state index contributed by atoms with van der Waals surface area (Å²) in [4.78, 5) is 39.4. The Morgan fingerprint density at radius 3 is 2.79 bits per heavy atom. The van der Waals surface area contributed by atoms with Crippen LogP contribution >= 0.6 is 0 Å². The number of rotatable bonds is 4. The van der Waals surface area contributed by atoms with Crippen LogP contribution in [0.25, 0.3) is 5.65 Å². The molecule has 0 spiro atoms. The van der Waals surface area contributed by atoms with E-state index in [1.807, 2.05) is 6.92 Å². The van der Waals surface area contributed by atoms with Gasteiger partial charge >= 0.3 is 5.97 Å². The second-order valence-corrected chi connectivity index (χ2v) is 6.07. The first kappa shape index (κ1) is 17.5. The zero-order valence-electron chi connectivity index (χ0n) is 14.6. The number of fused-ring (bicyclic) bond motifs is 2. The van der Waals surface area contributed by atoms with Gasteiger partial charge in [0.1, 0.15) is 17.8 Å². The largest absolute Gasteiger partial charge is 0.455 e. The van der Waals surface area contributed by atoms with Gasteiger partial charge in [0.05, 0.1) is 16.7 Å². The van der Waals surface area contributed by atoms with Crippen molar-refractivity contribution < 1.29 is 23.9 Å². The summed E-state index contributed by atoms with van der Waals surface area (Å²) in [5, 5.41) is 11.3. The third-order valence-corrected chi connectivity index (χ3v) is 4.13. The zero-order valence-corrected chi connectivity index (χ0v) is 14.6. The minimum atomic E-state index is -0.934. The van der Waals surface area contributed by atoms with Crippen molar-refractivity contribution in [2.24, 2.45) is 0 Å². The third-order valence-electron chi connectivity index (χ3n) is 4.13. The number of aryl methyl sites for hydroxylation is 1. The van der Waals surface area contributed by atoms with Crippen LogP contribution in [0.4, 0.5) is 5.69 Å². The smallest absolute Gasteiger partial charge is 0.345 e. The van der Waals surface area contributed by atoms with E-state index in [4.69, 9.17) is 14.2 Å². The number of esters is 1. The van der Waals surface area contributed by atoms with Gasteiger partial charge in [-0.3, -0.25) is 19.3 Å². The van der Waals surface area contributed by atoms with Crippen LogP contribution in [0.15, 0.2) is 41.3 Å². The van der Waals surface area contributed by atoms with Crippen LogP contribution in [-0.2, 0) is 11.3 Å². The number of nitro groups is 1. The number of benzene rings is 1. The Kier molecular flexibility index (Phi) is 4.15. The predicted molar refractivity (Wildman–Crippen MR) is 94.5 cm³/mol. The van der Waals surface area contributed by atoms with E-state index in [9.17, 15) is 19.7 Å². The standard InChI is InChI=1S/C18H13N3O7/c1-10-2-3-20-16(4-10)19-11(5-17(20)22)8-26-18(23)12-6-14-15(28-9-27-14)7-13(12)21(24)25/h2-7H,8-9H2,1H3. The van der Waals surface area contributed by atoms with Crippen molar-refractivity contribution in [3.05, 3.63) is 73.8 Å². The number of pyridine rings is 1. The molecule has 1 aromatic carbocycles. The number of hydrogen-bond acceptors (Lipinski definition) is 8. The molecule has 10 heteroatoms. The second kappa shape index (κ2) is 6.65. The topological polar surface area (TPSA) is 122 Å². The summed E-state index contributed by atoms with van der Waals surface area (Å²) in [6.45, 7) is 1.46. The second-order valence-electron chi connectivity index (χ2n) is 6.07. The fourth-order valence-electron chi connectivity index (χ4n) is 2.79. The van der Waals surface area contributed by atoms with Crippen molar-refractivity contribution in [2.75, 3.05) is 6.79 Å². The fourth-order valence-corrected chi connectivity index (χ4v) is 2.79. The van der Waals surface area contributed by atoms with E-state index in [1.165, 1.54) is 16.5 Å². The molecule has 0 radical (unpaired) electrons. The van der Waals surface area contributed by atoms with E-state index in [2.05, 4.69) is 4.98 Å². The lowest BCUT2D eigenvalue weighted by molar-refractivity contribution is -0.385. The molecule has 0 saturated carbocycles. The van der Waals surface area contributed by atoms with E-state index in [0.29, 0.717) is 5.65 Å². The Bertz CT molecular complexity index is 1190. The van der Waals surface area contributed by atoms with Crippen molar-refractivity contribution in [1.29, 1.82) is 0 Å². The third kappa shape index (κ3) is 3.11. The Morgan fingerprint density at radius 2 is 2.04 bits per heavy atom. The maximum Gasteiger partial charge on any atom is 0.345 e. The quantitative estimate of drug-likeness (QED) is 0.381. The highest BCUT2D eigenvalue weighted by Gasteiger charge is 2.28. The number of ether oxygens (including phenoxy) is 3. The summed E-state index contributed by atoms with van der Waals surface area (Å²) < 4.78 is 16.8. The van der Waals surface area contributed by atoms with Gasteiger partial charge in [0, 0.05) is 18.3 Å². The zero-order chi connectivity index (χ0) is 19.8. The number of nitro benzene ring substituents is 1. The summed E-state index contributed by atoms with van der Waals surface area (Å²) in [5.41, 5.74) is 0.487. The number of carbonyl (C=O) groups excluding carboxylic acids is 1. The van der Waals surface area contributed by atoms with Crippen LogP contribution in [0.1, 0.15) is 21.6 Å². The lowest BCUT2D eigenvalue weighted by Crippen LogP contribution is -2.17. The average molecular weight is 383 g/mol. The first-order valence-electron chi connectivity index (χ1n) is 8.16. The Morgan fingerprint density at radius 1 is 1.29 bits per heavy atom. The van der Waals surface area contributed by atoms with Crippen LogP contribution < -0.4 is 15.0 Å². The van der Waals surface area contributed by atoms with Gasteiger partial charge < -0.3 is 14.2 Å². The monoisotopic (exact) mass is 383 g/mol. The summed E-state index contributed by atoms with van der Waals surface area (Å²) in [6, 6.07) is 7.05. The Hall–Kier alpha value is -3.95. The molecule has 1 aliphatic heterocycles. The summed E-state index contributed by atoms with van der Waals surface area (Å²) in [6.07, 6.45) is 1.60. The number of hydrogen-bond donors (Lipinski definition) is 0. The summed E-state index contributed by atoms with van der Waals surface area (Å²) >= 11 is 0. The molecule has 0 fully saturated rings. The molecule has 0 N–H and O–H groups in total. The first-order chi connectivity index (χ1) is 13.4. The molecule has 2 aromatic heterocycles. The van der Waals surface area contributed by atoms with E-state index >= 15 is 0 Å². The molecule has 4 rings (SSSR count). The van der Waals surface area contributed by atoms with E-state index < -0.39 is 16.6 Å². The average Bonchev–Trinajstić information content (AvgIpc) is 3.12. The van der Waals surface area contributed by atoms with E-state index in [0.717, 1.165) is 11.6 Å². The highest BCUT2D eigenvalue weighted by molar-refractivity contribution is 5.95. The van der Waals surface area contributed by atoms with Gasteiger partial charge in [-0.05, 0) is 24.6 Å². The number of aromatic nitrogens is 2. The molecule has 0 bridgehead atoms. The number of carbonyl (C=O) groups is 1. The molecule has 0 amide bonds. The van der Waals surface area contributed by atoms with Crippen molar-refractivity contribution in [3.63, 3.8) is 0 Å². The Labute approximate surface area is 157 Å². The van der Waals surface area contributed by atoms with Crippen LogP contribution in [0.5, 0.6) is 11.5 Å². The maximum absolute atomic E-state index is 12.4. The van der Waals surface area contributed by atoms with Gasteiger partial charge in [0.25, 0.3) is 11.2 Å². The number of nitrogens with zero attached hydrogens (tertiary/aromatic N) is 3. The molecule has 0 unspecified atom stereocenters. The van der Waals surface area contributed by atoms with Crippen molar-refractivity contribution in [1.82, 2.24) is 9.38 Å². The van der Waals surface area contributed by atoms with Gasteiger partial charge in [-0.2, -0.15) is 0 Å². The van der Waals surface area contributed by atoms with Gasteiger partial charge in [-0.15, -0.1) is 0 Å². The molecule has 3 aromatic rings. The summed E-state index contributed by atoms with van der Waals surface area (Å²) in [7, 11) is 0. The van der Waals surface area contributed by atoms with Gasteiger partial charge in [0.2, 0.25) is 6.79 Å². The highest BCUT2D eigenvalue weighted by Crippen LogP contribution is 2.38. The van der Waals surface area contributed by atoms with Crippen LogP contribution in [0.3, 0.4) is 0 Å². The predicted octanol–water partition coefficient (Wildman–Crippen LogP) is 2.00. The molecule has 0 atom stereocenters. The van der Waals surface area contributed by atoms with Crippen LogP contribution in [-0.4, -0.2) is 27.1 Å². The van der Waals surface area contributed by atoms with Crippen LogP contribution in [0, 0.1) is 17.0 Å². The molecule has 0 aliphatic carbocycles.